The van der Waals surface area contributed by atoms with Gasteiger partial charge in [-0.05, 0) is 37.1 Å². The Balaban J connectivity index is 1.87. The van der Waals surface area contributed by atoms with Crippen molar-refractivity contribution in [1.29, 1.82) is 0 Å². The highest BCUT2D eigenvalue weighted by Crippen LogP contribution is 2.15. The largest absolute Gasteiger partial charge is 0.351 e. The van der Waals surface area contributed by atoms with Gasteiger partial charge in [-0.15, -0.1) is 0 Å². The minimum atomic E-state index is -1.08. The third-order valence-electron chi connectivity index (χ3n) is 3.42. The monoisotopic (exact) mass is 332 g/mol. The molecular weight excluding hydrogens is 318 g/mol. The molecule has 1 aromatic carbocycles. The van der Waals surface area contributed by atoms with Crippen molar-refractivity contribution in [3.8, 4) is 0 Å². The summed E-state index contributed by atoms with van der Waals surface area (Å²) in [5.41, 5.74) is 0.459. The van der Waals surface area contributed by atoms with E-state index in [9.17, 15) is 14.0 Å². The number of halogens is 3. The van der Waals surface area contributed by atoms with Crippen LogP contribution in [0.25, 0.3) is 0 Å². The molecule has 0 aromatic heterocycles. The Morgan fingerprint density at radius 2 is 1.76 bits per heavy atom. The molecule has 0 saturated carbocycles. The van der Waals surface area contributed by atoms with E-state index in [1.165, 1.54) is 24.3 Å². The van der Waals surface area contributed by atoms with Crippen LogP contribution in [0.4, 0.5) is 4.39 Å². The Labute approximate surface area is 132 Å². The minimum absolute atomic E-state index is 0.0326. The molecular formula is C14H15Cl2FN2O2. The van der Waals surface area contributed by atoms with E-state index in [0.717, 1.165) is 0 Å². The van der Waals surface area contributed by atoms with Gasteiger partial charge in [0.25, 0.3) is 11.8 Å². The molecule has 0 unspecified atom stereocenters. The van der Waals surface area contributed by atoms with Crippen molar-refractivity contribution in [3.05, 3.63) is 35.6 Å². The average molecular weight is 333 g/mol. The second-order valence-electron chi connectivity index (χ2n) is 4.88. The first-order chi connectivity index (χ1) is 9.97. The number of benzene rings is 1. The number of rotatable bonds is 3. The van der Waals surface area contributed by atoms with Crippen LogP contribution in [-0.2, 0) is 4.79 Å². The lowest BCUT2D eigenvalue weighted by atomic mass is 10.0. The van der Waals surface area contributed by atoms with Crippen molar-refractivity contribution < 1.29 is 14.0 Å². The van der Waals surface area contributed by atoms with E-state index in [0.29, 0.717) is 31.5 Å². The Bertz CT molecular complexity index is 514. The maximum absolute atomic E-state index is 12.8. The molecule has 1 fully saturated rings. The third kappa shape index (κ3) is 4.32. The highest BCUT2D eigenvalue weighted by atomic mass is 35.5. The van der Waals surface area contributed by atoms with Gasteiger partial charge in [-0.3, -0.25) is 9.59 Å². The van der Waals surface area contributed by atoms with Crippen LogP contribution in [0.2, 0.25) is 0 Å². The van der Waals surface area contributed by atoms with E-state index in [4.69, 9.17) is 23.2 Å². The number of hydrogen-bond donors (Lipinski definition) is 1. The van der Waals surface area contributed by atoms with Crippen LogP contribution in [0, 0.1) is 5.82 Å². The van der Waals surface area contributed by atoms with E-state index in [1.807, 2.05) is 0 Å². The summed E-state index contributed by atoms with van der Waals surface area (Å²) in [5, 5.41) is 2.73. The van der Waals surface area contributed by atoms with Crippen molar-refractivity contribution in [3.63, 3.8) is 0 Å². The molecule has 0 spiro atoms. The average Bonchev–Trinajstić information content (AvgIpc) is 2.48. The fourth-order valence-electron chi connectivity index (χ4n) is 2.27. The molecule has 1 aliphatic heterocycles. The molecule has 1 aliphatic rings. The van der Waals surface area contributed by atoms with Crippen LogP contribution in [0.1, 0.15) is 23.2 Å². The van der Waals surface area contributed by atoms with Gasteiger partial charge in [0.15, 0.2) is 4.84 Å². The number of amides is 2. The van der Waals surface area contributed by atoms with Gasteiger partial charge in [0.1, 0.15) is 5.82 Å². The summed E-state index contributed by atoms with van der Waals surface area (Å²) in [6.07, 6.45) is 1.28. The zero-order valence-electron chi connectivity index (χ0n) is 11.2. The fourth-order valence-corrected chi connectivity index (χ4v) is 2.39. The van der Waals surface area contributed by atoms with Gasteiger partial charge >= 0.3 is 0 Å². The number of carbonyl (C=O) groups is 2. The van der Waals surface area contributed by atoms with E-state index >= 15 is 0 Å². The van der Waals surface area contributed by atoms with Crippen LogP contribution in [0.5, 0.6) is 0 Å². The molecule has 1 N–H and O–H groups in total. The Hall–Kier alpha value is -1.33. The van der Waals surface area contributed by atoms with E-state index in [1.54, 1.807) is 4.90 Å². The number of carbonyl (C=O) groups excluding carboxylic acids is 2. The highest BCUT2D eigenvalue weighted by molar-refractivity contribution is 6.53. The summed E-state index contributed by atoms with van der Waals surface area (Å²) in [6, 6.07) is 5.44. The SMILES string of the molecule is O=C(NC1CCN(C(=O)c2ccc(F)cc2)CC1)C(Cl)Cl. The molecule has 114 valence electrons. The summed E-state index contributed by atoms with van der Waals surface area (Å²) < 4.78 is 12.8. The minimum Gasteiger partial charge on any atom is -0.351 e. The molecule has 0 radical (unpaired) electrons. The van der Waals surface area contributed by atoms with Crippen molar-refractivity contribution in [2.24, 2.45) is 0 Å². The second-order valence-corrected chi connectivity index (χ2v) is 5.98. The number of piperidine rings is 1. The number of likely N-dealkylation sites (tertiary alicyclic amines) is 1. The predicted octanol–water partition coefficient (Wildman–Crippen LogP) is 2.35. The Morgan fingerprint density at radius 1 is 1.19 bits per heavy atom. The summed E-state index contributed by atoms with van der Waals surface area (Å²) in [7, 11) is 0. The topological polar surface area (TPSA) is 49.4 Å². The molecule has 0 aliphatic carbocycles. The first kappa shape index (κ1) is 16.0. The number of alkyl halides is 2. The molecule has 1 saturated heterocycles. The first-order valence-corrected chi connectivity index (χ1v) is 7.48. The summed E-state index contributed by atoms with van der Waals surface area (Å²) in [5.74, 6) is -0.918. The molecule has 0 atom stereocenters. The maximum Gasteiger partial charge on any atom is 0.253 e. The lowest BCUT2D eigenvalue weighted by Crippen LogP contribution is -2.47. The molecule has 2 rings (SSSR count). The van der Waals surface area contributed by atoms with Crippen LogP contribution < -0.4 is 5.32 Å². The summed E-state index contributed by atoms with van der Waals surface area (Å²) in [6.45, 7) is 1.05. The normalized spacial score (nSPS) is 16.1. The molecule has 2 amide bonds. The van der Waals surface area contributed by atoms with E-state index in [-0.39, 0.29) is 17.8 Å². The van der Waals surface area contributed by atoms with Crippen LogP contribution in [0.15, 0.2) is 24.3 Å². The zero-order valence-corrected chi connectivity index (χ0v) is 12.7. The molecule has 21 heavy (non-hydrogen) atoms. The maximum atomic E-state index is 12.8. The lowest BCUT2D eigenvalue weighted by molar-refractivity contribution is -0.120. The zero-order chi connectivity index (χ0) is 15.4. The van der Waals surface area contributed by atoms with Gasteiger partial charge in [-0.1, -0.05) is 23.2 Å². The third-order valence-corrected chi connectivity index (χ3v) is 3.81. The van der Waals surface area contributed by atoms with Gasteiger partial charge in [0.2, 0.25) is 0 Å². The summed E-state index contributed by atoms with van der Waals surface area (Å²) in [4.78, 5) is 24.2. The van der Waals surface area contributed by atoms with Gasteiger partial charge in [-0.25, -0.2) is 4.39 Å². The molecule has 4 nitrogen and oxygen atoms in total. The van der Waals surface area contributed by atoms with Gasteiger partial charge in [-0.2, -0.15) is 0 Å². The standard InChI is InChI=1S/C14H15Cl2FN2O2/c15-12(16)13(20)18-11-5-7-19(8-6-11)14(21)9-1-3-10(17)4-2-9/h1-4,11-12H,5-8H2,(H,18,20). The predicted molar refractivity (Wildman–Crippen MR) is 79.0 cm³/mol. The van der Waals surface area contributed by atoms with Crippen LogP contribution in [0.3, 0.4) is 0 Å². The van der Waals surface area contributed by atoms with Gasteiger partial charge < -0.3 is 10.2 Å². The quantitative estimate of drug-likeness (QED) is 0.864. The van der Waals surface area contributed by atoms with Gasteiger partial charge in [0, 0.05) is 24.7 Å². The van der Waals surface area contributed by atoms with Crippen LogP contribution in [-0.4, -0.2) is 40.7 Å². The van der Waals surface area contributed by atoms with Crippen molar-refractivity contribution in [1.82, 2.24) is 10.2 Å². The molecule has 1 aromatic rings. The number of hydrogen-bond acceptors (Lipinski definition) is 2. The van der Waals surface area contributed by atoms with E-state index < -0.39 is 10.7 Å². The fraction of sp³-hybridized carbons (Fsp3) is 0.429. The van der Waals surface area contributed by atoms with Crippen molar-refractivity contribution in [2.45, 2.75) is 23.7 Å². The number of nitrogens with zero attached hydrogens (tertiary/aromatic N) is 1. The summed E-state index contributed by atoms with van der Waals surface area (Å²) >= 11 is 11.0. The molecule has 1 heterocycles. The highest BCUT2D eigenvalue weighted by Gasteiger charge is 2.25. The Kier molecular flexibility index (Phi) is 5.42. The molecule has 0 bridgehead atoms. The first-order valence-electron chi connectivity index (χ1n) is 6.60. The van der Waals surface area contributed by atoms with Gasteiger partial charge in [0.05, 0.1) is 0 Å². The smallest absolute Gasteiger partial charge is 0.253 e. The van der Waals surface area contributed by atoms with Crippen molar-refractivity contribution >= 4 is 35.0 Å². The molecule has 7 heteroatoms. The second kappa shape index (κ2) is 7.09. The van der Waals surface area contributed by atoms with E-state index in [2.05, 4.69) is 5.32 Å². The Morgan fingerprint density at radius 3 is 2.29 bits per heavy atom. The lowest BCUT2D eigenvalue weighted by Gasteiger charge is -2.32. The van der Waals surface area contributed by atoms with Crippen molar-refractivity contribution in [2.75, 3.05) is 13.1 Å². The van der Waals surface area contributed by atoms with Crippen LogP contribution >= 0.6 is 23.2 Å². The number of nitrogens with one attached hydrogen (secondary N) is 1.